The summed E-state index contributed by atoms with van der Waals surface area (Å²) in [6.07, 6.45) is 3.05. The molecule has 1 N–H and O–H groups in total. The summed E-state index contributed by atoms with van der Waals surface area (Å²) < 4.78 is 0. The number of piperazine rings is 1. The van der Waals surface area contributed by atoms with Crippen LogP contribution in [0.4, 0.5) is 0 Å². The number of carbonyl (C=O) groups is 2. The van der Waals surface area contributed by atoms with Gasteiger partial charge >= 0.3 is 0 Å². The molecule has 0 saturated carbocycles. The van der Waals surface area contributed by atoms with Crippen LogP contribution in [0.15, 0.2) is 0 Å². The van der Waals surface area contributed by atoms with Gasteiger partial charge in [-0.25, -0.2) is 0 Å². The van der Waals surface area contributed by atoms with E-state index in [1.54, 1.807) is 0 Å². The minimum absolute atomic E-state index is 0.0303. The number of nitrogens with one attached hydrogen (secondary N) is 1. The molecule has 108 valence electrons. The number of thioether (sulfide) groups is 1. The van der Waals surface area contributed by atoms with Crippen LogP contribution >= 0.6 is 11.8 Å². The Kier molecular flexibility index (Phi) is 4.43. The molecule has 0 spiro atoms. The Morgan fingerprint density at radius 2 is 2.00 bits per heavy atom. The van der Waals surface area contributed by atoms with E-state index >= 15 is 0 Å². The van der Waals surface area contributed by atoms with Crippen LogP contribution in [0.25, 0.3) is 0 Å². The van der Waals surface area contributed by atoms with Crippen LogP contribution in [0.5, 0.6) is 0 Å². The van der Waals surface area contributed by atoms with E-state index in [-0.39, 0.29) is 23.9 Å². The molecule has 2 unspecified atom stereocenters. The third-order valence-corrected chi connectivity index (χ3v) is 5.68. The summed E-state index contributed by atoms with van der Waals surface area (Å²) in [5, 5.41) is 3.00. The highest BCUT2D eigenvalue weighted by molar-refractivity contribution is 7.99. The highest BCUT2D eigenvalue weighted by atomic mass is 32.2. The highest BCUT2D eigenvalue weighted by Gasteiger charge is 2.50. The van der Waals surface area contributed by atoms with E-state index in [2.05, 4.69) is 5.32 Å². The van der Waals surface area contributed by atoms with Crippen molar-refractivity contribution >= 4 is 23.6 Å². The summed E-state index contributed by atoms with van der Waals surface area (Å²) in [5.41, 5.74) is -0.671. The van der Waals surface area contributed by atoms with Crippen molar-refractivity contribution in [1.82, 2.24) is 10.2 Å². The summed E-state index contributed by atoms with van der Waals surface area (Å²) in [6, 6.07) is -0.0339. The number of hydrogen-bond donors (Lipinski definition) is 1. The SMILES string of the molecule is CCC1C(=O)NC(CC)(CC)C(=O)N1C1CCSC1. The van der Waals surface area contributed by atoms with Gasteiger partial charge in [0.05, 0.1) is 0 Å². The van der Waals surface area contributed by atoms with Crippen LogP contribution in [0.3, 0.4) is 0 Å². The monoisotopic (exact) mass is 284 g/mol. The van der Waals surface area contributed by atoms with Crippen LogP contribution in [0.2, 0.25) is 0 Å². The van der Waals surface area contributed by atoms with Crippen molar-refractivity contribution in [2.45, 2.75) is 64.1 Å². The van der Waals surface area contributed by atoms with Crippen molar-refractivity contribution in [2.24, 2.45) is 0 Å². The molecule has 2 fully saturated rings. The molecule has 0 bridgehead atoms. The average molecular weight is 284 g/mol. The molecule has 0 aromatic heterocycles. The fraction of sp³-hybridized carbons (Fsp3) is 0.857. The maximum atomic E-state index is 12.9. The maximum absolute atomic E-state index is 12.9. The van der Waals surface area contributed by atoms with Gasteiger partial charge in [-0.3, -0.25) is 9.59 Å². The predicted molar refractivity (Wildman–Crippen MR) is 78.1 cm³/mol. The van der Waals surface area contributed by atoms with Crippen molar-refractivity contribution in [3.05, 3.63) is 0 Å². The first-order valence-electron chi connectivity index (χ1n) is 7.32. The Labute approximate surface area is 119 Å². The predicted octanol–water partition coefficient (Wildman–Crippen LogP) is 1.79. The molecule has 2 atom stereocenters. The van der Waals surface area contributed by atoms with Gasteiger partial charge < -0.3 is 10.2 Å². The van der Waals surface area contributed by atoms with Crippen molar-refractivity contribution in [1.29, 1.82) is 0 Å². The first-order valence-corrected chi connectivity index (χ1v) is 8.47. The lowest BCUT2D eigenvalue weighted by molar-refractivity contribution is -0.158. The molecule has 2 aliphatic heterocycles. The van der Waals surface area contributed by atoms with Gasteiger partial charge in [0.2, 0.25) is 11.8 Å². The van der Waals surface area contributed by atoms with Crippen LogP contribution in [-0.4, -0.2) is 45.8 Å². The molecule has 0 aromatic rings. The number of nitrogens with zero attached hydrogens (tertiary/aromatic N) is 1. The van der Waals surface area contributed by atoms with Crippen molar-refractivity contribution in [3.63, 3.8) is 0 Å². The Bertz CT molecular complexity index is 362. The molecule has 2 heterocycles. The zero-order valence-corrected chi connectivity index (χ0v) is 12.9. The molecule has 0 aromatic carbocycles. The smallest absolute Gasteiger partial charge is 0.249 e. The molecule has 2 rings (SSSR count). The molecular weight excluding hydrogens is 260 g/mol. The number of hydrogen-bond acceptors (Lipinski definition) is 3. The zero-order chi connectivity index (χ0) is 14.0. The molecule has 2 saturated heterocycles. The zero-order valence-electron chi connectivity index (χ0n) is 12.1. The maximum Gasteiger partial charge on any atom is 0.249 e. The van der Waals surface area contributed by atoms with Crippen molar-refractivity contribution < 1.29 is 9.59 Å². The van der Waals surface area contributed by atoms with Crippen molar-refractivity contribution in [2.75, 3.05) is 11.5 Å². The number of amides is 2. The molecular formula is C14H24N2O2S. The van der Waals surface area contributed by atoms with E-state index in [0.717, 1.165) is 17.9 Å². The Balaban J connectivity index is 2.33. The van der Waals surface area contributed by atoms with Gasteiger partial charge in [0, 0.05) is 11.8 Å². The third kappa shape index (κ3) is 2.37. The Morgan fingerprint density at radius 3 is 2.47 bits per heavy atom. The molecule has 19 heavy (non-hydrogen) atoms. The summed E-state index contributed by atoms with van der Waals surface area (Å²) in [7, 11) is 0. The second kappa shape index (κ2) is 5.73. The molecule has 0 radical (unpaired) electrons. The fourth-order valence-electron chi connectivity index (χ4n) is 3.16. The normalized spacial score (nSPS) is 30.6. The van der Waals surface area contributed by atoms with E-state index < -0.39 is 5.54 Å². The standard InChI is InChI=1S/C14H24N2O2S/c1-4-11-12(17)15-14(5-2,6-3)13(18)16(11)10-7-8-19-9-10/h10-11H,4-9H2,1-3H3,(H,15,17). The average Bonchev–Trinajstić information content (AvgIpc) is 2.94. The van der Waals surface area contributed by atoms with E-state index in [1.807, 2.05) is 37.4 Å². The van der Waals surface area contributed by atoms with E-state index in [1.165, 1.54) is 0 Å². The van der Waals surface area contributed by atoms with Gasteiger partial charge in [0.1, 0.15) is 11.6 Å². The first-order chi connectivity index (χ1) is 9.09. The summed E-state index contributed by atoms with van der Waals surface area (Å²) >= 11 is 1.88. The van der Waals surface area contributed by atoms with Crippen LogP contribution in [0.1, 0.15) is 46.5 Å². The van der Waals surface area contributed by atoms with Gasteiger partial charge in [0.25, 0.3) is 0 Å². The van der Waals surface area contributed by atoms with Crippen LogP contribution < -0.4 is 5.32 Å². The minimum Gasteiger partial charge on any atom is -0.340 e. The largest absolute Gasteiger partial charge is 0.340 e. The topological polar surface area (TPSA) is 49.4 Å². The minimum atomic E-state index is -0.671. The van der Waals surface area contributed by atoms with Gasteiger partial charge in [-0.15, -0.1) is 0 Å². The lowest BCUT2D eigenvalue weighted by Gasteiger charge is -2.47. The van der Waals surface area contributed by atoms with Crippen molar-refractivity contribution in [3.8, 4) is 0 Å². The van der Waals surface area contributed by atoms with Gasteiger partial charge in [-0.05, 0) is 31.4 Å². The molecule has 4 nitrogen and oxygen atoms in total. The van der Waals surface area contributed by atoms with Gasteiger partial charge in [-0.1, -0.05) is 20.8 Å². The molecule has 2 aliphatic rings. The van der Waals surface area contributed by atoms with E-state index in [0.29, 0.717) is 19.3 Å². The van der Waals surface area contributed by atoms with Gasteiger partial charge in [-0.2, -0.15) is 11.8 Å². The van der Waals surface area contributed by atoms with Crippen LogP contribution in [-0.2, 0) is 9.59 Å². The fourth-order valence-corrected chi connectivity index (χ4v) is 4.37. The second-order valence-corrected chi connectivity index (χ2v) is 6.58. The summed E-state index contributed by atoms with van der Waals surface area (Å²) in [4.78, 5) is 27.2. The molecule has 0 aliphatic carbocycles. The number of carbonyl (C=O) groups excluding carboxylic acids is 2. The lowest BCUT2D eigenvalue weighted by Crippen LogP contribution is -2.71. The molecule has 5 heteroatoms. The van der Waals surface area contributed by atoms with Gasteiger partial charge in [0.15, 0.2) is 0 Å². The summed E-state index contributed by atoms with van der Waals surface area (Å²) in [6.45, 7) is 5.95. The van der Waals surface area contributed by atoms with Crippen LogP contribution in [0, 0.1) is 0 Å². The van der Waals surface area contributed by atoms with E-state index in [4.69, 9.17) is 0 Å². The third-order valence-electron chi connectivity index (χ3n) is 4.54. The highest BCUT2D eigenvalue weighted by Crippen LogP contribution is 2.32. The first kappa shape index (κ1) is 14.7. The lowest BCUT2D eigenvalue weighted by atomic mass is 9.85. The summed E-state index contributed by atoms with van der Waals surface area (Å²) in [5.74, 6) is 2.23. The second-order valence-electron chi connectivity index (χ2n) is 5.43. The van der Waals surface area contributed by atoms with E-state index in [9.17, 15) is 9.59 Å². The Hall–Kier alpha value is -0.710. The quantitative estimate of drug-likeness (QED) is 0.856. The molecule has 2 amide bonds. The Morgan fingerprint density at radius 1 is 1.32 bits per heavy atom. The number of rotatable bonds is 4.